The molecule has 1 unspecified atom stereocenters. The third-order valence-electron chi connectivity index (χ3n) is 2.01. The fourth-order valence-corrected chi connectivity index (χ4v) is 1.24. The molecular weight excluding hydrogens is 226 g/mol. The number of hydrogen-bond donors (Lipinski definition) is 2. The summed E-state index contributed by atoms with van der Waals surface area (Å²) in [4.78, 5) is 22.2. The van der Waals surface area contributed by atoms with Crippen LogP contribution >= 0.6 is 0 Å². The molecule has 1 amide bonds. The van der Waals surface area contributed by atoms with E-state index >= 15 is 0 Å². The van der Waals surface area contributed by atoms with Crippen LogP contribution in [0.5, 0.6) is 0 Å². The molecule has 0 heterocycles. The van der Waals surface area contributed by atoms with Crippen LogP contribution in [-0.4, -0.2) is 50.0 Å². The Balaban J connectivity index is 3.91. The van der Waals surface area contributed by atoms with Gasteiger partial charge in [0, 0.05) is 7.11 Å². The van der Waals surface area contributed by atoms with Gasteiger partial charge in [-0.2, -0.15) is 0 Å². The number of carbonyl (C=O) groups is 2. The van der Waals surface area contributed by atoms with Crippen LogP contribution in [0, 0.1) is 5.92 Å². The number of methoxy groups -OCH3 is 1. The van der Waals surface area contributed by atoms with Gasteiger partial charge in [0.15, 0.2) is 0 Å². The van der Waals surface area contributed by atoms with Crippen molar-refractivity contribution >= 4 is 11.9 Å². The predicted molar refractivity (Wildman–Crippen MR) is 61.7 cm³/mol. The smallest absolute Gasteiger partial charge is 0.326 e. The van der Waals surface area contributed by atoms with Crippen LogP contribution in [0.25, 0.3) is 0 Å². The summed E-state index contributed by atoms with van der Waals surface area (Å²) in [5, 5.41) is 11.3. The Morgan fingerprint density at radius 3 is 2.41 bits per heavy atom. The quantitative estimate of drug-likeness (QED) is 0.571. The van der Waals surface area contributed by atoms with E-state index in [1.165, 1.54) is 7.11 Å². The van der Waals surface area contributed by atoms with Crippen molar-refractivity contribution in [3.63, 3.8) is 0 Å². The Labute approximate surface area is 101 Å². The number of ether oxygens (including phenoxy) is 2. The Morgan fingerprint density at radius 1 is 1.29 bits per heavy atom. The summed E-state index contributed by atoms with van der Waals surface area (Å²) < 4.78 is 9.74. The molecule has 6 nitrogen and oxygen atoms in total. The van der Waals surface area contributed by atoms with Crippen LogP contribution in [-0.2, 0) is 19.1 Å². The predicted octanol–water partition coefficient (Wildman–Crippen LogP) is 0.265. The number of aliphatic carboxylic acids is 1. The average molecular weight is 247 g/mol. The zero-order valence-electron chi connectivity index (χ0n) is 10.6. The molecule has 17 heavy (non-hydrogen) atoms. The topological polar surface area (TPSA) is 84.9 Å². The van der Waals surface area contributed by atoms with Gasteiger partial charge < -0.3 is 19.9 Å². The Hall–Kier alpha value is -1.14. The van der Waals surface area contributed by atoms with Crippen molar-refractivity contribution in [3.05, 3.63) is 0 Å². The maximum Gasteiger partial charge on any atom is 0.326 e. The number of amides is 1. The fourth-order valence-electron chi connectivity index (χ4n) is 1.24. The van der Waals surface area contributed by atoms with E-state index in [1.54, 1.807) is 0 Å². The first kappa shape index (κ1) is 15.9. The summed E-state index contributed by atoms with van der Waals surface area (Å²) in [7, 11) is 1.53. The highest BCUT2D eigenvalue weighted by Crippen LogP contribution is 2.04. The number of nitrogens with one attached hydrogen (secondary N) is 1. The normalized spacial score (nSPS) is 12.5. The molecule has 0 spiro atoms. The van der Waals surface area contributed by atoms with Crippen molar-refractivity contribution in [1.29, 1.82) is 0 Å². The Morgan fingerprint density at radius 2 is 1.94 bits per heavy atom. The zero-order valence-corrected chi connectivity index (χ0v) is 10.6. The van der Waals surface area contributed by atoms with E-state index in [-0.39, 0.29) is 12.5 Å². The second-order valence-electron chi connectivity index (χ2n) is 4.13. The zero-order chi connectivity index (χ0) is 13.3. The largest absolute Gasteiger partial charge is 0.480 e. The van der Waals surface area contributed by atoms with Gasteiger partial charge >= 0.3 is 5.97 Å². The van der Waals surface area contributed by atoms with Crippen molar-refractivity contribution in [2.24, 2.45) is 5.92 Å². The minimum absolute atomic E-state index is 0.148. The molecule has 0 bridgehead atoms. The molecule has 6 heteroatoms. The number of hydrogen-bond acceptors (Lipinski definition) is 4. The highest BCUT2D eigenvalue weighted by atomic mass is 16.5. The van der Waals surface area contributed by atoms with Gasteiger partial charge in [-0.3, -0.25) is 4.79 Å². The Bertz CT molecular complexity index is 242. The highest BCUT2D eigenvalue weighted by Gasteiger charge is 2.20. The molecule has 0 aromatic rings. The molecule has 0 aliphatic rings. The van der Waals surface area contributed by atoms with Crippen LogP contribution in [0.15, 0.2) is 0 Å². The third kappa shape index (κ3) is 8.65. The van der Waals surface area contributed by atoms with E-state index in [1.807, 2.05) is 13.8 Å². The first-order chi connectivity index (χ1) is 7.97. The fraction of sp³-hybridized carbons (Fsp3) is 0.818. The molecule has 0 aromatic carbocycles. The number of carbonyl (C=O) groups excluding carboxylic acids is 1. The van der Waals surface area contributed by atoms with Crippen molar-refractivity contribution in [3.8, 4) is 0 Å². The summed E-state index contributed by atoms with van der Waals surface area (Å²) in [5.74, 6) is -1.25. The molecule has 0 saturated heterocycles. The van der Waals surface area contributed by atoms with Gasteiger partial charge in [-0.05, 0) is 12.3 Å². The maximum absolute atomic E-state index is 11.4. The molecule has 1 atom stereocenters. The maximum atomic E-state index is 11.4. The standard InChI is InChI=1S/C11H21NO5/c1-8(2)6-9(11(14)15)12-10(13)7-17-5-4-16-3/h8-9H,4-7H2,1-3H3,(H,12,13)(H,14,15). The van der Waals surface area contributed by atoms with Crippen LogP contribution in [0.3, 0.4) is 0 Å². The lowest BCUT2D eigenvalue weighted by atomic mass is 10.0. The second kappa shape index (κ2) is 8.95. The van der Waals surface area contributed by atoms with Crippen molar-refractivity contribution < 1.29 is 24.2 Å². The Kier molecular flexibility index (Phi) is 8.35. The lowest BCUT2D eigenvalue weighted by molar-refractivity contribution is -0.143. The third-order valence-corrected chi connectivity index (χ3v) is 2.01. The lowest BCUT2D eigenvalue weighted by Crippen LogP contribution is -2.43. The van der Waals surface area contributed by atoms with Crippen LogP contribution in [0.2, 0.25) is 0 Å². The molecule has 100 valence electrons. The second-order valence-corrected chi connectivity index (χ2v) is 4.13. The van der Waals surface area contributed by atoms with Crippen LogP contribution < -0.4 is 5.32 Å². The molecule has 0 aromatic heterocycles. The average Bonchev–Trinajstić information content (AvgIpc) is 2.22. The molecule has 0 saturated carbocycles. The van der Waals surface area contributed by atoms with Crippen molar-refractivity contribution in [1.82, 2.24) is 5.32 Å². The molecule has 0 radical (unpaired) electrons. The molecular formula is C11H21NO5. The number of carboxylic acid groups (broad SMARTS) is 1. The number of carboxylic acids is 1. The highest BCUT2D eigenvalue weighted by molar-refractivity contribution is 5.84. The minimum atomic E-state index is -1.02. The molecule has 0 rings (SSSR count). The summed E-state index contributed by atoms with van der Waals surface area (Å²) >= 11 is 0. The van der Waals surface area contributed by atoms with E-state index in [0.29, 0.717) is 19.6 Å². The van der Waals surface area contributed by atoms with E-state index < -0.39 is 17.9 Å². The summed E-state index contributed by atoms with van der Waals surface area (Å²) in [6.45, 7) is 4.37. The van der Waals surface area contributed by atoms with Gasteiger partial charge in [0.2, 0.25) is 5.91 Å². The van der Waals surface area contributed by atoms with Gasteiger partial charge in [-0.1, -0.05) is 13.8 Å². The van der Waals surface area contributed by atoms with E-state index in [2.05, 4.69) is 5.32 Å². The van der Waals surface area contributed by atoms with E-state index in [9.17, 15) is 9.59 Å². The molecule has 0 aliphatic carbocycles. The summed E-state index contributed by atoms with van der Waals surface area (Å²) in [5.41, 5.74) is 0. The van der Waals surface area contributed by atoms with Crippen molar-refractivity contribution in [2.45, 2.75) is 26.3 Å². The van der Waals surface area contributed by atoms with E-state index in [0.717, 1.165) is 0 Å². The van der Waals surface area contributed by atoms with Gasteiger partial charge in [-0.15, -0.1) is 0 Å². The van der Waals surface area contributed by atoms with Gasteiger partial charge in [0.25, 0.3) is 0 Å². The number of rotatable bonds is 9. The first-order valence-corrected chi connectivity index (χ1v) is 5.56. The van der Waals surface area contributed by atoms with Gasteiger partial charge in [-0.25, -0.2) is 4.79 Å². The molecule has 2 N–H and O–H groups in total. The summed E-state index contributed by atoms with van der Waals surface area (Å²) in [6, 6.07) is -0.853. The van der Waals surface area contributed by atoms with Gasteiger partial charge in [0.1, 0.15) is 12.6 Å². The SMILES string of the molecule is COCCOCC(=O)NC(CC(C)C)C(=O)O. The van der Waals surface area contributed by atoms with Crippen LogP contribution in [0.4, 0.5) is 0 Å². The summed E-state index contributed by atoms with van der Waals surface area (Å²) in [6.07, 6.45) is 0.402. The van der Waals surface area contributed by atoms with Crippen molar-refractivity contribution in [2.75, 3.05) is 26.9 Å². The van der Waals surface area contributed by atoms with E-state index in [4.69, 9.17) is 14.6 Å². The monoisotopic (exact) mass is 247 g/mol. The first-order valence-electron chi connectivity index (χ1n) is 5.56. The lowest BCUT2D eigenvalue weighted by Gasteiger charge is -2.16. The minimum Gasteiger partial charge on any atom is -0.480 e. The molecule has 0 fully saturated rings. The van der Waals surface area contributed by atoms with Crippen LogP contribution in [0.1, 0.15) is 20.3 Å². The van der Waals surface area contributed by atoms with Gasteiger partial charge in [0.05, 0.1) is 13.2 Å². The molecule has 0 aliphatic heterocycles.